The van der Waals surface area contributed by atoms with Crippen LogP contribution in [0.15, 0.2) is 12.3 Å². The number of anilines is 1. The number of carbonyl (C=O) groups is 1. The van der Waals surface area contributed by atoms with E-state index >= 15 is 0 Å². The van der Waals surface area contributed by atoms with Gasteiger partial charge in [-0.2, -0.15) is 0 Å². The van der Waals surface area contributed by atoms with E-state index in [4.69, 9.17) is 16.3 Å². The summed E-state index contributed by atoms with van der Waals surface area (Å²) in [4.78, 5) is 24.1. The van der Waals surface area contributed by atoms with Gasteiger partial charge in [0.15, 0.2) is 0 Å². The molecule has 1 aromatic heterocycles. The fourth-order valence-corrected chi connectivity index (χ4v) is 2.68. The molecule has 2 rings (SSSR count). The molecule has 1 amide bonds. The van der Waals surface area contributed by atoms with Gasteiger partial charge < -0.3 is 14.5 Å². The number of rotatable bonds is 3. The smallest absolute Gasteiger partial charge is 0.410 e. The van der Waals surface area contributed by atoms with E-state index in [0.29, 0.717) is 6.54 Å². The SMILES string of the molecule is CN(CC1CCCN1C(=O)OC(C)(C)C)c1ccnc(Cl)n1. The van der Waals surface area contributed by atoms with Crippen molar-refractivity contribution in [3.05, 3.63) is 17.5 Å². The van der Waals surface area contributed by atoms with Crippen molar-refractivity contribution in [2.75, 3.05) is 25.0 Å². The minimum Gasteiger partial charge on any atom is -0.444 e. The van der Waals surface area contributed by atoms with Crippen LogP contribution in [0.25, 0.3) is 0 Å². The fourth-order valence-electron chi connectivity index (χ4n) is 2.53. The molecule has 6 nitrogen and oxygen atoms in total. The molecule has 7 heteroatoms. The Labute approximate surface area is 136 Å². The molecule has 0 aliphatic carbocycles. The molecule has 0 spiro atoms. The summed E-state index contributed by atoms with van der Waals surface area (Å²) in [5, 5.41) is 0.222. The molecule has 0 aromatic carbocycles. The lowest BCUT2D eigenvalue weighted by molar-refractivity contribution is 0.0232. The number of likely N-dealkylation sites (N-methyl/N-ethyl adjacent to an activating group) is 1. The molecule has 1 aromatic rings. The van der Waals surface area contributed by atoms with Crippen molar-refractivity contribution in [1.29, 1.82) is 0 Å². The predicted molar refractivity (Wildman–Crippen MR) is 86.3 cm³/mol. The highest BCUT2D eigenvalue weighted by Gasteiger charge is 2.32. The molecule has 1 saturated heterocycles. The zero-order chi connectivity index (χ0) is 16.3. The predicted octanol–water partition coefficient (Wildman–Crippen LogP) is 2.97. The van der Waals surface area contributed by atoms with E-state index in [1.165, 1.54) is 0 Å². The molecule has 1 fully saturated rings. The average Bonchev–Trinajstić information content (AvgIpc) is 2.85. The van der Waals surface area contributed by atoms with Gasteiger partial charge in [-0.1, -0.05) is 0 Å². The van der Waals surface area contributed by atoms with Gasteiger partial charge in [-0.15, -0.1) is 0 Å². The minimum atomic E-state index is -0.476. The molecule has 1 unspecified atom stereocenters. The average molecular weight is 327 g/mol. The number of halogens is 1. The molecule has 122 valence electrons. The van der Waals surface area contributed by atoms with Crippen molar-refractivity contribution in [2.45, 2.75) is 45.3 Å². The normalized spacial score (nSPS) is 18.4. The number of hydrogen-bond acceptors (Lipinski definition) is 5. The summed E-state index contributed by atoms with van der Waals surface area (Å²) in [6.45, 7) is 7.06. The monoisotopic (exact) mass is 326 g/mol. The van der Waals surface area contributed by atoms with Gasteiger partial charge in [0.2, 0.25) is 5.28 Å². The summed E-state index contributed by atoms with van der Waals surface area (Å²) in [6, 6.07) is 1.92. The maximum atomic E-state index is 12.3. The summed E-state index contributed by atoms with van der Waals surface area (Å²) in [5.74, 6) is 0.746. The molecule has 1 aliphatic rings. The first kappa shape index (κ1) is 16.8. The van der Waals surface area contributed by atoms with Crippen molar-refractivity contribution in [1.82, 2.24) is 14.9 Å². The van der Waals surface area contributed by atoms with Crippen LogP contribution in [0.5, 0.6) is 0 Å². The summed E-state index contributed by atoms with van der Waals surface area (Å²) < 4.78 is 5.48. The fraction of sp³-hybridized carbons (Fsp3) is 0.667. The molecule has 1 atom stereocenters. The quantitative estimate of drug-likeness (QED) is 0.799. The second kappa shape index (κ2) is 6.69. The summed E-state index contributed by atoms with van der Waals surface area (Å²) in [6.07, 6.45) is 3.33. The second-order valence-corrected chi connectivity index (χ2v) is 6.87. The maximum Gasteiger partial charge on any atom is 0.410 e. The van der Waals surface area contributed by atoms with Gasteiger partial charge in [0.1, 0.15) is 11.4 Å². The lowest BCUT2D eigenvalue weighted by Crippen LogP contribution is -2.44. The van der Waals surface area contributed by atoms with Crippen LogP contribution in [0.2, 0.25) is 5.28 Å². The van der Waals surface area contributed by atoms with Crippen LogP contribution in [0.3, 0.4) is 0 Å². The lowest BCUT2D eigenvalue weighted by Gasteiger charge is -2.31. The van der Waals surface area contributed by atoms with E-state index in [-0.39, 0.29) is 17.4 Å². The van der Waals surface area contributed by atoms with Crippen LogP contribution in [0, 0.1) is 0 Å². The first-order valence-electron chi connectivity index (χ1n) is 7.45. The van der Waals surface area contributed by atoms with Crippen LogP contribution in [-0.4, -0.2) is 52.7 Å². The first-order chi connectivity index (χ1) is 10.3. The number of carbonyl (C=O) groups excluding carboxylic acids is 1. The Kier molecular flexibility index (Phi) is 5.11. The molecule has 0 saturated carbocycles. The van der Waals surface area contributed by atoms with Crippen molar-refractivity contribution >= 4 is 23.5 Å². The second-order valence-electron chi connectivity index (χ2n) is 6.53. The van der Waals surface area contributed by atoms with Gasteiger partial charge in [-0.3, -0.25) is 0 Å². The molecule has 0 bridgehead atoms. The Morgan fingerprint density at radius 3 is 2.91 bits per heavy atom. The Balaban J connectivity index is 2.00. The Bertz CT molecular complexity index is 533. The van der Waals surface area contributed by atoms with Crippen molar-refractivity contribution in [2.24, 2.45) is 0 Å². The van der Waals surface area contributed by atoms with E-state index in [0.717, 1.165) is 25.2 Å². The number of hydrogen-bond donors (Lipinski definition) is 0. The molecule has 2 heterocycles. The third kappa shape index (κ3) is 4.47. The molecular weight excluding hydrogens is 304 g/mol. The van der Waals surface area contributed by atoms with Crippen LogP contribution >= 0.6 is 11.6 Å². The van der Waals surface area contributed by atoms with Crippen LogP contribution in [-0.2, 0) is 4.74 Å². The van der Waals surface area contributed by atoms with Gasteiger partial charge in [-0.05, 0) is 51.3 Å². The van der Waals surface area contributed by atoms with Crippen LogP contribution in [0.4, 0.5) is 10.6 Å². The number of amides is 1. The maximum absolute atomic E-state index is 12.3. The van der Waals surface area contributed by atoms with Gasteiger partial charge in [-0.25, -0.2) is 14.8 Å². The highest BCUT2D eigenvalue weighted by molar-refractivity contribution is 6.28. The van der Waals surface area contributed by atoms with Gasteiger partial charge >= 0.3 is 6.09 Å². The van der Waals surface area contributed by atoms with Crippen molar-refractivity contribution < 1.29 is 9.53 Å². The van der Waals surface area contributed by atoms with Gasteiger partial charge in [0.25, 0.3) is 0 Å². The first-order valence-corrected chi connectivity index (χ1v) is 7.83. The summed E-state index contributed by atoms with van der Waals surface area (Å²) in [5.41, 5.74) is -0.476. The minimum absolute atomic E-state index is 0.119. The van der Waals surface area contributed by atoms with Crippen LogP contribution < -0.4 is 4.90 Å². The van der Waals surface area contributed by atoms with Gasteiger partial charge in [0.05, 0.1) is 6.04 Å². The highest BCUT2D eigenvalue weighted by atomic mass is 35.5. The molecule has 0 radical (unpaired) electrons. The number of aromatic nitrogens is 2. The molecule has 22 heavy (non-hydrogen) atoms. The standard InChI is InChI=1S/C15H23ClN4O2/c1-15(2,3)22-14(21)20-9-5-6-11(20)10-19(4)12-7-8-17-13(16)18-12/h7-8,11H,5-6,9-10H2,1-4H3. The Hall–Kier alpha value is -1.56. The Morgan fingerprint density at radius 1 is 1.55 bits per heavy atom. The molecular formula is C15H23ClN4O2. The van der Waals surface area contributed by atoms with Crippen LogP contribution in [0.1, 0.15) is 33.6 Å². The summed E-state index contributed by atoms with van der Waals surface area (Å²) >= 11 is 5.82. The zero-order valence-electron chi connectivity index (χ0n) is 13.5. The van der Waals surface area contributed by atoms with E-state index in [1.807, 2.05) is 37.6 Å². The number of likely N-dealkylation sites (tertiary alicyclic amines) is 1. The lowest BCUT2D eigenvalue weighted by atomic mass is 10.2. The molecule has 0 N–H and O–H groups in total. The van der Waals surface area contributed by atoms with Crippen molar-refractivity contribution in [3.8, 4) is 0 Å². The summed E-state index contributed by atoms with van der Waals surface area (Å²) in [7, 11) is 1.93. The Morgan fingerprint density at radius 2 is 2.27 bits per heavy atom. The number of ether oxygens (including phenoxy) is 1. The van der Waals surface area contributed by atoms with Crippen molar-refractivity contribution in [3.63, 3.8) is 0 Å². The van der Waals surface area contributed by atoms with E-state index in [1.54, 1.807) is 12.3 Å². The topological polar surface area (TPSA) is 58.6 Å². The zero-order valence-corrected chi connectivity index (χ0v) is 14.3. The highest BCUT2D eigenvalue weighted by Crippen LogP contribution is 2.22. The third-order valence-corrected chi connectivity index (χ3v) is 3.67. The molecule has 1 aliphatic heterocycles. The third-order valence-electron chi connectivity index (χ3n) is 3.49. The number of nitrogens with zero attached hydrogens (tertiary/aromatic N) is 4. The van der Waals surface area contributed by atoms with E-state index in [2.05, 4.69) is 9.97 Å². The van der Waals surface area contributed by atoms with Gasteiger partial charge in [0, 0.05) is 26.3 Å². The van der Waals surface area contributed by atoms with E-state index in [9.17, 15) is 4.79 Å². The van der Waals surface area contributed by atoms with E-state index < -0.39 is 5.60 Å². The largest absolute Gasteiger partial charge is 0.444 e.